The molecule has 0 spiro atoms. The number of halogens is 3. The Kier molecular flexibility index (Phi) is 3.13. The van der Waals surface area contributed by atoms with Gasteiger partial charge in [0.2, 0.25) is 0 Å². The molecule has 2 aromatic rings. The Bertz CT molecular complexity index is 529. The zero-order valence-electron chi connectivity index (χ0n) is 9.40. The molecule has 1 unspecified atom stereocenters. The Labute approximate surface area is 101 Å². The number of rotatable bonds is 2. The van der Waals surface area contributed by atoms with Gasteiger partial charge in [-0.1, -0.05) is 17.3 Å². The molecular weight excluding hydrogens is 247 g/mol. The van der Waals surface area contributed by atoms with Crippen LogP contribution in [0.25, 0.3) is 11.3 Å². The maximum absolute atomic E-state index is 12.4. The van der Waals surface area contributed by atoms with Gasteiger partial charge in [-0.25, -0.2) is 0 Å². The minimum atomic E-state index is -4.35. The van der Waals surface area contributed by atoms with E-state index in [2.05, 4.69) is 5.16 Å². The molecule has 3 nitrogen and oxygen atoms in total. The van der Waals surface area contributed by atoms with Crippen molar-refractivity contribution in [2.75, 3.05) is 0 Å². The summed E-state index contributed by atoms with van der Waals surface area (Å²) in [6, 6.07) is 6.07. The van der Waals surface area contributed by atoms with Gasteiger partial charge in [-0.3, -0.25) is 0 Å². The van der Waals surface area contributed by atoms with Gasteiger partial charge in [-0.15, -0.1) is 0 Å². The maximum atomic E-state index is 12.4. The van der Waals surface area contributed by atoms with Crippen LogP contribution in [-0.2, 0) is 6.18 Å². The molecule has 0 fully saturated rings. The maximum Gasteiger partial charge on any atom is 0.416 e. The van der Waals surface area contributed by atoms with Crippen LogP contribution >= 0.6 is 0 Å². The lowest BCUT2D eigenvalue weighted by atomic mass is 10.1. The standard InChI is InChI=1S/C12H10F3NO2/c1-7(17)11-6-10(16-18-11)8-2-4-9(5-3-8)12(13,14)15/h2-7,17H,1H3. The van der Waals surface area contributed by atoms with E-state index in [-0.39, 0.29) is 5.76 Å². The van der Waals surface area contributed by atoms with Crippen molar-refractivity contribution >= 4 is 0 Å². The lowest BCUT2D eigenvalue weighted by Crippen LogP contribution is -2.03. The Morgan fingerprint density at radius 2 is 1.83 bits per heavy atom. The quantitative estimate of drug-likeness (QED) is 0.896. The number of nitrogens with zero attached hydrogens (tertiary/aromatic N) is 1. The van der Waals surface area contributed by atoms with Crippen LogP contribution in [0.15, 0.2) is 34.9 Å². The lowest BCUT2D eigenvalue weighted by molar-refractivity contribution is -0.137. The summed E-state index contributed by atoms with van der Waals surface area (Å²) in [6.07, 6.45) is -5.16. The third kappa shape index (κ3) is 2.53. The van der Waals surface area contributed by atoms with E-state index in [1.165, 1.54) is 25.1 Å². The fourth-order valence-electron chi connectivity index (χ4n) is 1.45. The highest BCUT2D eigenvalue weighted by Gasteiger charge is 2.30. The Balaban J connectivity index is 2.29. The first-order valence-electron chi connectivity index (χ1n) is 5.20. The highest BCUT2D eigenvalue weighted by atomic mass is 19.4. The second-order valence-corrected chi connectivity index (χ2v) is 3.87. The average Bonchev–Trinajstić information content (AvgIpc) is 2.77. The predicted octanol–water partition coefficient (Wildman–Crippen LogP) is 3.41. The molecule has 0 aliphatic carbocycles. The molecule has 0 saturated heterocycles. The summed E-state index contributed by atoms with van der Waals surface area (Å²) in [5.74, 6) is 0.268. The molecule has 0 aliphatic heterocycles. The molecule has 0 bridgehead atoms. The molecule has 96 valence electrons. The van der Waals surface area contributed by atoms with Gasteiger partial charge < -0.3 is 9.63 Å². The van der Waals surface area contributed by atoms with E-state index in [1.54, 1.807) is 0 Å². The fraction of sp³-hybridized carbons (Fsp3) is 0.250. The Morgan fingerprint density at radius 3 is 2.28 bits per heavy atom. The third-order valence-electron chi connectivity index (χ3n) is 2.45. The van der Waals surface area contributed by atoms with Crippen molar-refractivity contribution in [1.82, 2.24) is 5.16 Å². The number of aliphatic hydroxyl groups excluding tert-OH is 1. The predicted molar refractivity (Wildman–Crippen MR) is 57.6 cm³/mol. The van der Waals surface area contributed by atoms with Crippen molar-refractivity contribution in [3.63, 3.8) is 0 Å². The molecule has 1 heterocycles. The van der Waals surface area contributed by atoms with Gasteiger partial charge in [0.1, 0.15) is 11.8 Å². The monoisotopic (exact) mass is 257 g/mol. The first-order chi connectivity index (χ1) is 8.38. The normalized spacial score (nSPS) is 13.6. The molecule has 18 heavy (non-hydrogen) atoms. The summed E-state index contributed by atoms with van der Waals surface area (Å²) in [7, 11) is 0. The highest BCUT2D eigenvalue weighted by Crippen LogP contribution is 2.31. The van der Waals surface area contributed by atoms with Crippen molar-refractivity contribution in [2.45, 2.75) is 19.2 Å². The van der Waals surface area contributed by atoms with Crippen molar-refractivity contribution in [3.8, 4) is 11.3 Å². The van der Waals surface area contributed by atoms with E-state index in [9.17, 15) is 18.3 Å². The molecule has 1 atom stereocenters. The summed E-state index contributed by atoms with van der Waals surface area (Å²) >= 11 is 0. The van der Waals surface area contributed by atoms with Crippen LogP contribution in [0, 0.1) is 0 Å². The molecule has 1 aromatic carbocycles. The van der Waals surface area contributed by atoms with Gasteiger partial charge in [0, 0.05) is 11.6 Å². The van der Waals surface area contributed by atoms with Crippen molar-refractivity contribution < 1.29 is 22.8 Å². The SMILES string of the molecule is CC(O)c1cc(-c2ccc(C(F)(F)F)cc2)no1. The van der Waals surface area contributed by atoms with E-state index in [0.717, 1.165) is 12.1 Å². The van der Waals surface area contributed by atoms with Gasteiger partial charge in [-0.05, 0) is 19.1 Å². The highest BCUT2D eigenvalue weighted by molar-refractivity contribution is 5.59. The van der Waals surface area contributed by atoms with Crippen LogP contribution < -0.4 is 0 Å². The van der Waals surface area contributed by atoms with E-state index in [4.69, 9.17) is 4.52 Å². The minimum Gasteiger partial charge on any atom is -0.385 e. The first kappa shape index (κ1) is 12.6. The number of hydrogen-bond donors (Lipinski definition) is 1. The molecule has 0 radical (unpaired) electrons. The van der Waals surface area contributed by atoms with Crippen LogP contribution in [0.2, 0.25) is 0 Å². The van der Waals surface area contributed by atoms with E-state index < -0.39 is 17.8 Å². The second kappa shape index (κ2) is 4.45. The van der Waals surface area contributed by atoms with E-state index >= 15 is 0 Å². The molecule has 1 N–H and O–H groups in total. The molecule has 0 aliphatic rings. The molecule has 0 saturated carbocycles. The Morgan fingerprint density at radius 1 is 1.22 bits per heavy atom. The van der Waals surface area contributed by atoms with E-state index in [0.29, 0.717) is 11.3 Å². The zero-order valence-corrected chi connectivity index (χ0v) is 9.40. The molecule has 2 rings (SSSR count). The Hall–Kier alpha value is -1.82. The van der Waals surface area contributed by atoms with Gasteiger partial charge >= 0.3 is 6.18 Å². The molecule has 6 heteroatoms. The number of alkyl halides is 3. The topological polar surface area (TPSA) is 46.3 Å². The smallest absolute Gasteiger partial charge is 0.385 e. The summed E-state index contributed by atoms with van der Waals surface area (Å²) in [5.41, 5.74) is 0.170. The first-order valence-corrected chi connectivity index (χ1v) is 5.20. The van der Waals surface area contributed by atoms with Crippen LogP contribution in [0.1, 0.15) is 24.4 Å². The number of benzene rings is 1. The molecular formula is C12H10F3NO2. The molecule has 0 amide bonds. The van der Waals surface area contributed by atoms with Crippen LogP contribution in [-0.4, -0.2) is 10.3 Å². The summed E-state index contributed by atoms with van der Waals surface area (Å²) < 4.78 is 42.0. The number of aliphatic hydroxyl groups is 1. The summed E-state index contributed by atoms with van der Waals surface area (Å²) in [6.45, 7) is 1.51. The van der Waals surface area contributed by atoms with Gasteiger partial charge in [0.25, 0.3) is 0 Å². The summed E-state index contributed by atoms with van der Waals surface area (Å²) in [4.78, 5) is 0. The van der Waals surface area contributed by atoms with Crippen molar-refractivity contribution in [1.29, 1.82) is 0 Å². The fourth-order valence-corrected chi connectivity index (χ4v) is 1.45. The molecule has 1 aromatic heterocycles. The van der Waals surface area contributed by atoms with E-state index in [1.807, 2.05) is 0 Å². The van der Waals surface area contributed by atoms with Crippen LogP contribution in [0.5, 0.6) is 0 Å². The lowest BCUT2D eigenvalue weighted by Gasteiger charge is -2.06. The van der Waals surface area contributed by atoms with Crippen molar-refractivity contribution in [3.05, 3.63) is 41.7 Å². The number of hydrogen-bond acceptors (Lipinski definition) is 3. The largest absolute Gasteiger partial charge is 0.416 e. The third-order valence-corrected chi connectivity index (χ3v) is 2.45. The van der Waals surface area contributed by atoms with Crippen LogP contribution in [0.3, 0.4) is 0 Å². The van der Waals surface area contributed by atoms with Gasteiger partial charge in [0.05, 0.1) is 5.56 Å². The zero-order chi connectivity index (χ0) is 13.3. The summed E-state index contributed by atoms with van der Waals surface area (Å²) in [5, 5.41) is 12.9. The van der Waals surface area contributed by atoms with Gasteiger partial charge in [-0.2, -0.15) is 13.2 Å². The van der Waals surface area contributed by atoms with Crippen LogP contribution in [0.4, 0.5) is 13.2 Å². The van der Waals surface area contributed by atoms with Gasteiger partial charge in [0.15, 0.2) is 5.76 Å². The van der Waals surface area contributed by atoms with Crippen molar-refractivity contribution in [2.24, 2.45) is 0 Å². The average molecular weight is 257 g/mol. The number of aromatic nitrogens is 1. The minimum absolute atomic E-state index is 0.268. The second-order valence-electron chi connectivity index (χ2n) is 3.87.